The number of quaternary nitrogens is 1. The predicted molar refractivity (Wildman–Crippen MR) is 76.6 cm³/mol. The molecular weight excluding hydrogens is 292 g/mol. The Morgan fingerprint density at radius 2 is 2.10 bits per heavy atom. The van der Waals surface area contributed by atoms with E-state index >= 15 is 0 Å². The van der Waals surface area contributed by atoms with Crippen LogP contribution in [0.15, 0.2) is 48.3 Å². The maximum Gasteiger partial charge on any atom is 0.211 e. The smallest absolute Gasteiger partial charge is 0.211 e. The lowest BCUT2D eigenvalue weighted by Gasteiger charge is -2.10. The molecule has 0 saturated heterocycles. The fourth-order valence-electron chi connectivity index (χ4n) is 2.13. The van der Waals surface area contributed by atoms with Crippen LogP contribution in [-0.2, 0) is 0 Å². The number of phenols is 1. The average Bonchev–Trinajstić information content (AvgIpc) is 2.84. The van der Waals surface area contributed by atoms with Crippen LogP contribution in [0, 0.1) is 0 Å². The summed E-state index contributed by atoms with van der Waals surface area (Å²) < 4.78 is 0. The van der Waals surface area contributed by atoms with E-state index in [9.17, 15) is 15.0 Å². The van der Waals surface area contributed by atoms with Gasteiger partial charge in [-0.1, -0.05) is 29.5 Å². The Morgan fingerprint density at radius 3 is 2.86 bits per heavy atom. The first-order valence-electron chi connectivity index (χ1n) is 6.21. The first-order chi connectivity index (χ1) is 10.0. The molecular formula is C15H11ClN2O3. The monoisotopic (exact) mass is 302 g/mol. The van der Waals surface area contributed by atoms with Crippen molar-refractivity contribution in [1.82, 2.24) is 0 Å². The topological polar surface area (TPSA) is 89.0 Å². The molecule has 4 N–H and O–H groups in total. The van der Waals surface area contributed by atoms with E-state index in [-0.39, 0.29) is 16.3 Å². The van der Waals surface area contributed by atoms with Crippen LogP contribution in [0.2, 0.25) is 5.02 Å². The van der Waals surface area contributed by atoms with Crippen LogP contribution < -0.4 is 15.7 Å². The molecule has 1 heterocycles. The van der Waals surface area contributed by atoms with Crippen LogP contribution in [0.5, 0.6) is 11.5 Å². The number of phenolic OH excluding ortho intramolecular Hbond substituents is 1. The van der Waals surface area contributed by atoms with Crippen molar-refractivity contribution < 1.29 is 20.3 Å². The molecule has 0 fully saturated rings. The zero-order chi connectivity index (χ0) is 15.0. The highest BCUT2D eigenvalue weighted by Gasteiger charge is 2.21. The zero-order valence-corrected chi connectivity index (χ0v) is 11.5. The van der Waals surface area contributed by atoms with Gasteiger partial charge in [0.15, 0.2) is 11.5 Å². The van der Waals surface area contributed by atoms with Crippen molar-refractivity contribution in [3.63, 3.8) is 0 Å². The van der Waals surface area contributed by atoms with Crippen LogP contribution >= 0.6 is 11.6 Å². The number of rotatable bonds is 2. The summed E-state index contributed by atoms with van der Waals surface area (Å²) >= 11 is 5.70. The first kappa shape index (κ1) is 13.5. The molecule has 3 rings (SSSR count). The number of hydrogen-bond acceptors (Lipinski definition) is 4. The van der Waals surface area contributed by atoms with Gasteiger partial charge in [-0.15, -0.1) is 0 Å². The number of nitrogens with two attached hydrogens (primary N) is 1. The quantitative estimate of drug-likeness (QED) is 0.445. The van der Waals surface area contributed by atoms with E-state index in [4.69, 9.17) is 11.6 Å². The number of aromatic hydroxyl groups is 1. The SMILES string of the molecule is O=C(/C=C1\Nc2ccccc2[NH2+]1)c1cc(Cl)c([O-])cc1O. The lowest BCUT2D eigenvalue weighted by Crippen LogP contribution is -2.74. The van der Waals surface area contributed by atoms with Crippen LogP contribution in [0.3, 0.4) is 0 Å². The third kappa shape index (κ3) is 2.56. The molecule has 0 bridgehead atoms. The number of ketones is 1. The zero-order valence-electron chi connectivity index (χ0n) is 10.8. The number of carbonyl (C=O) groups excluding carboxylic acids is 1. The molecule has 5 nitrogen and oxygen atoms in total. The van der Waals surface area contributed by atoms with E-state index in [1.54, 1.807) is 0 Å². The minimum Gasteiger partial charge on any atom is -0.871 e. The minimum atomic E-state index is -0.517. The molecule has 106 valence electrons. The highest BCUT2D eigenvalue weighted by atomic mass is 35.5. The van der Waals surface area contributed by atoms with Crippen molar-refractivity contribution in [2.45, 2.75) is 0 Å². The number of carbonyl (C=O) groups is 1. The van der Waals surface area contributed by atoms with Crippen molar-refractivity contribution in [2.24, 2.45) is 0 Å². The van der Waals surface area contributed by atoms with Crippen LogP contribution in [-0.4, -0.2) is 10.9 Å². The molecule has 21 heavy (non-hydrogen) atoms. The summed E-state index contributed by atoms with van der Waals surface area (Å²) in [5.41, 5.74) is 1.89. The molecule has 1 aliphatic heterocycles. The van der Waals surface area contributed by atoms with Gasteiger partial charge < -0.3 is 15.5 Å². The summed E-state index contributed by atoms with van der Waals surface area (Å²) in [6.45, 7) is 0. The maximum absolute atomic E-state index is 12.2. The third-order valence-corrected chi connectivity index (χ3v) is 3.45. The van der Waals surface area contributed by atoms with Crippen molar-refractivity contribution in [3.05, 3.63) is 58.9 Å². The van der Waals surface area contributed by atoms with E-state index in [0.29, 0.717) is 5.82 Å². The Kier molecular flexibility index (Phi) is 3.29. The molecule has 0 spiro atoms. The van der Waals surface area contributed by atoms with Gasteiger partial charge in [0.05, 0.1) is 11.6 Å². The molecule has 2 aromatic carbocycles. The van der Waals surface area contributed by atoms with Gasteiger partial charge in [-0.25, -0.2) is 0 Å². The maximum atomic E-state index is 12.2. The van der Waals surface area contributed by atoms with Gasteiger partial charge in [0.2, 0.25) is 5.82 Å². The number of allylic oxidation sites excluding steroid dienone is 1. The minimum absolute atomic E-state index is 0.00161. The molecule has 2 aromatic rings. The Morgan fingerprint density at radius 1 is 1.33 bits per heavy atom. The normalized spacial score (nSPS) is 14.8. The predicted octanol–water partition coefficient (Wildman–Crippen LogP) is 1.46. The van der Waals surface area contributed by atoms with E-state index < -0.39 is 11.5 Å². The third-order valence-electron chi connectivity index (χ3n) is 3.15. The summed E-state index contributed by atoms with van der Waals surface area (Å²) in [5.74, 6) is -0.707. The summed E-state index contributed by atoms with van der Waals surface area (Å²) in [6.07, 6.45) is 1.36. The molecule has 0 atom stereocenters. The highest BCUT2D eigenvalue weighted by molar-refractivity contribution is 6.32. The van der Waals surface area contributed by atoms with Crippen molar-refractivity contribution >= 4 is 28.8 Å². The molecule has 1 aliphatic rings. The average molecular weight is 303 g/mol. The first-order valence-corrected chi connectivity index (χ1v) is 6.59. The van der Waals surface area contributed by atoms with E-state index in [1.165, 1.54) is 12.1 Å². The van der Waals surface area contributed by atoms with Gasteiger partial charge in [-0.2, -0.15) is 0 Å². The Balaban J connectivity index is 1.88. The number of nitrogens with one attached hydrogen (secondary N) is 1. The fourth-order valence-corrected chi connectivity index (χ4v) is 2.30. The number of hydrogen-bond donors (Lipinski definition) is 3. The molecule has 6 heteroatoms. The summed E-state index contributed by atoms with van der Waals surface area (Å²) in [5, 5.41) is 25.8. The molecule has 0 radical (unpaired) electrons. The fraction of sp³-hybridized carbons (Fsp3) is 0. The number of halogens is 1. The molecule has 0 saturated carbocycles. The Labute approximate surface area is 125 Å². The molecule has 0 aliphatic carbocycles. The second-order valence-corrected chi connectivity index (χ2v) is 5.03. The van der Waals surface area contributed by atoms with E-state index in [1.807, 2.05) is 29.6 Å². The van der Waals surface area contributed by atoms with Gasteiger partial charge >= 0.3 is 0 Å². The summed E-state index contributed by atoms with van der Waals surface area (Å²) in [4.78, 5) is 12.2. The van der Waals surface area contributed by atoms with Gasteiger partial charge in [0.25, 0.3) is 0 Å². The Bertz CT molecular complexity index is 745. The van der Waals surface area contributed by atoms with E-state index in [2.05, 4.69) is 5.32 Å². The standard InChI is InChI=1S/C15H11ClN2O3/c16-9-5-8(12(19)6-14(9)21)13(20)7-15-17-10-3-1-2-4-11(10)18-15/h1-7,17-19,21H. The highest BCUT2D eigenvalue weighted by Crippen LogP contribution is 2.30. The van der Waals surface area contributed by atoms with Gasteiger partial charge in [0, 0.05) is 11.1 Å². The molecule has 0 amide bonds. The Hall–Kier alpha value is -2.50. The van der Waals surface area contributed by atoms with E-state index in [0.717, 1.165) is 17.4 Å². The van der Waals surface area contributed by atoms with Crippen LogP contribution in [0.25, 0.3) is 0 Å². The van der Waals surface area contributed by atoms with Gasteiger partial charge in [-0.05, 0) is 18.2 Å². The lowest BCUT2D eigenvalue weighted by molar-refractivity contribution is -0.508. The van der Waals surface area contributed by atoms with Gasteiger partial charge in [0.1, 0.15) is 11.4 Å². The van der Waals surface area contributed by atoms with Crippen molar-refractivity contribution in [2.75, 3.05) is 5.32 Å². The summed E-state index contributed by atoms with van der Waals surface area (Å²) in [7, 11) is 0. The van der Waals surface area contributed by atoms with Crippen molar-refractivity contribution in [1.29, 1.82) is 0 Å². The number of para-hydroxylation sites is 2. The second-order valence-electron chi connectivity index (χ2n) is 4.62. The van der Waals surface area contributed by atoms with Crippen LogP contribution in [0.1, 0.15) is 10.4 Å². The van der Waals surface area contributed by atoms with Crippen molar-refractivity contribution in [3.8, 4) is 11.5 Å². The largest absolute Gasteiger partial charge is 0.871 e. The molecule has 0 aromatic heterocycles. The number of benzene rings is 2. The number of fused-ring (bicyclic) bond motifs is 1. The number of anilines is 1. The van der Waals surface area contributed by atoms with Gasteiger partial charge in [-0.3, -0.25) is 10.1 Å². The van der Waals surface area contributed by atoms with Crippen LogP contribution in [0.4, 0.5) is 11.4 Å². The summed E-state index contributed by atoms with van der Waals surface area (Å²) in [6, 6.07) is 9.74. The lowest BCUT2D eigenvalue weighted by atomic mass is 10.1. The molecule has 0 unspecified atom stereocenters. The second kappa shape index (κ2) is 5.12.